The van der Waals surface area contributed by atoms with Gasteiger partial charge in [-0.25, -0.2) is 4.79 Å². The van der Waals surface area contributed by atoms with E-state index in [4.69, 9.17) is 9.84 Å². The molecule has 6 heteroatoms. The third-order valence-corrected chi connectivity index (χ3v) is 3.37. The SMILES string of the molecule is CC(CCC(=O)O)NC(=O)NCC1Cc2ccccc2O1. The molecule has 0 saturated carbocycles. The van der Waals surface area contributed by atoms with Crippen LogP contribution in [0, 0.1) is 0 Å². The molecule has 114 valence electrons. The van der Waals surface area contributed by atoms with Gasteiger partial charge in [0.05, 0.1) is 6.54 Å². The molecule has 0 fully saturated rings. The number of rotatable bonds is 6. The van der Waals surface area contributed by atoms with Crippen molar-refractivity contribution in [2.75, 3.05) is 6.54 Å². The summed E-state index contributed by atoms with van der Waals surface area (Å²) in [4.78, 5) is 22.2. The minimum Gasteiger partial charge on any atom is -0.488 e. The minimum atomic E-state index is -0.860. The second-order valence-corrected chi connectivity index (χ2v) is 5.24. The number of fused-ring (bicyclic) bond motifs is 1. The first-order chi connectivity index (χ1) is 10.0. The lowest BCUT2D eigenvalue weighted by Gasteiger charge is -2.16. The molecule has 21 heavy (non-hydrogen) atoms. The first-order valence-electron chi connectivity index (χ1n) is 7.05. The highest BCUT2D eigenvalue weighted by atomic mass is 16.5. The summed E-state index contributed by atoms with van der Waals surface area (Å²) in [6.07, 6.45) is 1.18. The molecule has 1 aromatic carbocycles. The maximum atomic E-state index is 11.7. The predicted octanol–water partition coefficient (Wildman–Crippen LogP) is 1.54. The minimum absolute atomic E-state index is 0.0441. The Hall–Kier alpha value is -2.24. The van der Waals surface area contributed by atoms with Crippen LogP contribution in [0.25, 0.3) is 0 Å². The number of benzene rings is 1. The van der Waals surface area contributed by atoms with Crippen molar-refractivity contribution in [3.8, 4) is 5.75 Å². The van der Waals surface area contributed by atoms with Gasteiger partial charge in [-0.05, 0) is 25.0 Å². The van der Waals surface area contributed by atoms with Crippen molar-refractivity contribution in [1.29, 1.82) is 0 Å². The van der Waals surface area contributed by atoms with Crippen molar-refractivity contribution in [2.24, 2.45) is 0 Å². The summed E-state index contributed by atoms with van der Waals surface area (Å²) in [5.74, 6) is 0.0145. The maximum Gasteiger partial charge on any atom is 0.315 e. The molecule has 2 amide bonds. The highest BCUT2D eigenvalue weighted by Crippen LogP contribution is 2.27. The Morgan fingerprint density at radius 1 is 1.43 bits per heavy atom. The van der Waals surface area contributed by atoms with E-state index < -0.39 is 5.97 Å². The number of aliphatic carboxylic acids is 1. The number of nitrogens with one attached hydrogen (secondary N) is 2. The normalized spacial score (nSPS) is 17.5. The summed E-state index contributed by atoms with van der Waals surface area (Å²) in [6, 6.07) is 7.35. The second-order valence-electron chi connectivity index (χ2n) is 5.24. The van der Waals surface area contributed by atoms with Crippen LogP contribution in [0.2, 0.25) is 0 Å². The monoisotopic (exact) mass is 292 g/mol. The highest BCUT2D eigenvalue weighted by Gasteiger charge is 2.22. The fourth-order valence-corrected chi connectivity index (χ4v) is 2.26. The van der Waals surface area contributed by atoms with Gasteiger partial charge in [0.1, 0.15) is 11.9 Å². The lowest BCUT2D eigenvalue weighted by molar-refractivity contribution is -0.137. The molecule has 0 spiro atoms. The molecule has 0 radical (unpaired) electrons. The second kappa shape index (κ2) is 6.97. The molecule has 1 heterocycles. The van der Waals surface area contributed by atoms with Gasteiger partial charge in [-0.2, -0.15) is 0 Å². The number of ether oxygens (including phenoxy) is 1. The summed E-state index contributed by atoms with van der Waals surface area (Å²) < 4.78 is 5.72. The van der Waals surface area contributed by atoms with Crippen LogP contribution in [-0.2, 0) is 11.2 Å². The number of hydrogen-bond donors (Lipinski definition) is 3. The van der Waals surface area contributed by atoms with Crippen molar-refractivity contribution in [1.82, 2.24) is 10.6 Å². The first kappa shape index (κ1) is 15.2. The number of hydrogen-bond acceptors (Lipinski definition) is 3. The van der Waals surface area contributed by atoms with Gasteiger partial charge in [0.2, 0.25) is 0 Å². The first-order valence-corrected chi connectivity index (χ1v) is 7.05. The fourth-order valence-electron chi connectivity index (χ4n) is 2.26. The molecule has 1 aromatic rings. The molecular weight excluding hydrogens is 272 g/mol. The van der Waals surface area contributed by atoms with E-state index in [9.17, 15) is 9.59 Å². The van der Waals surface area contributed by atoms with E-state index in [-0.39, 0.29) is 24.6 Å². The Bertz CT molecular complexity index is 493. The molecule has 2 rings (SSSR count). The molecule has 0 aromatic heterocycles. The Morgan fingerprint density at radius 3 is 2.90 bits per heavy atom. The average Bonchev–Trinajstić information content (AvgIpc) is 2.86. The largest absolute Gasteiger partial charge is 0.488 e. The summed E-state index contributed by atoms with van der Waals surface area (Å²) >= 11 is 0. The quantitative estimate of drug-likeness (QED) is 0.742. The van der Waals surface area contributed by atoms with E-state index in [1.165, 1.54) is 0 Å². The van der Waals surface area contributed by atoms with Crippen LogP contribution in [0.3, 0.4) is 0 Å². The maximum absolute atomic E-state index is 11.7. The van der Waals surface area contributed by atoms with Gasteiger partial charge >= 0.3 is 12.0 Å². The zero-order valence-corrected chi connectivity index (χ0v) is 12.0. The van der Waals surface area contributed by atoms with Crippen molar-refractivity contribution in [2.45, 2.75) is 38.3 Å². The van der Waals surface area contributed by atoms with Gasteiger partial charge in [0.15, 0.2) is 0 Å². The number of carbonyl (C=O) groups excluding carboxylic acids is 1. The Labute approximate surface area is 123 Å². The molecule has 3 N–H and O–H groups in total. The number of carboxylic acids is 1. The molecule has 6 nitrogen and oxygen atoms in total. The van der Waals surface area contributed by atoms with Crippen molar-refractivity contribution in [3.05, 3.63) is 29.8 Å². The lowest BCUT2D eigenvalue weighted by Crippen LogP contribution is -2.44. The van der Waals surface area contributed by atoms with E-state index >= 15 is 0 Å². The Balaban J connectivity index is 1.67. The van der Waals surface area contributed by atoms with Crippen molar-refractivity contribution < 1.29 is 19.4 Å². The lowest BCUT2D eigenvalue weighted by atomic mass is 10.1. The van der Waals surface area contributed by atoms with E-state index in [1.807, 2.05) is 24.3 Å². The standard InChI is InChI=1S/C15H20N2O4/c1-10(6-7-14(18)19)17-15(20)16-9-12-8-11-4-2-3-5-13(11)21-12/h2-5,10,12H,6-9H2,1H3,(H,18,19)(H2,16,17,20). The number of urea groups is 1. The van der Waals surface area contributed by atoms with Crippen molar-refractivity contribution in [3.63, 3.8) is 0 Å². The van der Waals surface area contributed by atoms with Crippen LogP contribution in [0.15, 0.2) is 24.3 Å². The summed E-state index contributed by atoms with van der Waals surface area (Å²) in [5, 5.41) is 14.1. The molecule has 2 unspecified atom stereocenters. The van der Waals surface area contributed by atoms with Gasteiger partial charge in [-0.3, -0.25) is 4.79 Å². The van der Waals surface area contributed by atoms with E-state index in [0.29, 0.717) is 13.0 Å². The van der Waals surface area contributed by atoms with Gasteiger partial charge in [0, 0.05) is 18.9 Å². The van der Waals surface area contributed by atoms with Crippen LogP contribution < -0.4 is 15.4 Å². The summed E-state index contributed by atoms with van der Waals surface area (Å²) in [5.41, 5.74) is 1.15. The Kier molecular flexibility index (Phi) is 5.03. The molecule has 2 atom stereocenters. The fraction of sp³-hybridized carbons (Fsp3) is 0.467. The molecule has 0 aliphatic carbocycles. The van der Waals surface area contributed by atoms with E-state index in [0.717, 1.165) is 17.7 Å². The number of carboxylic acid groups (broad SMARTS) is 1. The molecular formula is C15H20N2O4. The van der Waals surface area contributed by atoms with Gasteiger partial charge < -0.3 is 20.5 Å². The summed E-state index contributed by atoms with van der Waals surface area (Å²) in [6.45, 7) is 2.20. The zero-order chi connectivity index (χ0) is 15.2. The van der Waals surface area contributed by atoms with E-state index in [2.05, 4.69) is 10.6 Å². The third kappa shape index (κ3) is 4.66. The number of para-hydroxylation sites is 1. The zero-order valence-electron chi connectivity index (χ0n) is 12.0. The van der Waals surface area contributed by atoms with E-state index in [1.54, 1.807) is 6.92 Å². The molecule has 0 saturated heterocycles. The van der Waals surface area contributed by atoms with Crippen LogP contribution >= 0.6 is 0 Å². The summed E-state index contributed by atoms with van der Waals surface area (Å²) in [7, 11) is 0. The van der Waals surface area contributed by atoms with Crippen LogP contribution in [0.5, 0.6) is 5.75 Å². The van der Waals surface area contributed by atoms with Gasteiger partial charge in [-0.15, -0.1) is 0 Å². The smallest absolute Gasteiger partial charge is 0.315 e. The predicted molar refractivity (Wildman–Crippen MR) is 77.4 cm³/mol. The van der Waals surface area contributed by atoms with Crippen LogP contribution in [0.4, 0.5) is 4.79 Å². The van der Waals surface area contributed by atoms with Gasteiger partial charge in [0.25, 0.3) is 0 Å². The van der Waals surface area contributed by atoms with Gasteiger partial charge in [-0.1, -0.05) is 18.2 Å². The van der Waals surface area contributed by atoms with Crippen LogP contribution in [0.1, 0.15) is 25.3 Å². The molecule has 1 aliphatic heterocycles. The molecule has 0 bridgehead atoms. The average molecular weight is 292 g/mol. The number of amides is 2. The van der Waals surface area contributed by atoms with Crippen molar-refractivity contribution >= 4 is 12.0 Å². The van der Waals surface area contributed by atoms with Crippen LogP contribution in [-0.4, -0.2) is 35.8 Å². The number of carbonyl (C=O) groups is 2. The highest BCUT2D eigenvalue weighted by molar-refractivity contribution is 5.74. The Morgan fingerprint density at radius 2 is 2.19 bits per heavy atom. The third-order valence-electron chi connectivity index (χ3n) is 3.37. The molecule has 1 aliphatic rings. The topological polar surface area (TPSA) is 87.7 Å².